The lowest BCUT2D eigenvalue weighted by Crippen LogP contribution is -2.48. The summed E-state index contributed by atoms with van der Waals surface area (Å²) in [5.41, 5.74) is 2.34. The van der Waals surface area contributed by atoms with Crippen LogP contribution in [0.25, 0.3) is 0 Å². The second kappa shape index (κ2) is 10.0. The first-order valence-electron chi connectivity index (χ1n) is 9.64. The smallest absolute Gasteiger partial charge is 0.242 e. The van der Waals surface area contributed by atoms with Gasteiger partial charge in [0.15, 0.2) is 0 Å². The fraction of sp³-hybridized carbons (Fsp3) is 0.391. The number of hydrogen-bond donors (Lipinski definition) is 1. The van der Waals surface area contributed by atoms with Gasteiger partial charge in [0.25, 0.3) is 0 Å². The summed E-state index contributed by atoms with van der Waals surface area (Å²) in [6.07, 6.45) is -0.0830. The van der Waals surface area contributed by atoms with E-state index in [9.17, 15) is 14.0 Å². The van der Waals surface area contributed by atoms with Gasteiger partial charge in [-0.2, -0.15) is 0 Å². The summed E-state index contributed by atoms with van der Waals surface area (Å²) in [4.78, 5) is 27.2. The van der Waals surface area contributed by atoms with Crippen LogP contribution in [0.5, 0.6) is 0 Å². The van der Waals surface area contributed by atoms with Crippen molar-refractivity contribution in [2.24, 2.45) is 5.92 Å². The lowest BCUT2D eigenvalue weighted by Gasteiger charge is -2.29. The third-order valence-corrected chi connectivity index (χ3v) is 4.75. The normalized spacial score (nSPS) is 11.9. The first-order valence-corrected chi connectivity index (χ1v) is 9.64. The van der Waals surface area contributed by atoms with E-state index >= 15 is 0 Å². The van der Waals surface area contributed by atoms with Crippen molar-refractivity contribution in [2.45, 2.75) is 46.7 Å². The second-order valence-electron chi connectivity index (χ2n) is 7.53. The van der Waals surface area contributed by atoms with Crippen LogP contribution < -0.4 is 5.32 Å². The first-order chi connectivity index (χ1) is 13.3. The van der Waals surface area contributed by atoms with Gasteiger partial charge in [-0.05, 0) is 42.5 Å². The van der Waals surface area contributed by atoms with E-state index in [-0.39, 0.29) is 18.2 Å². The SMILES string of the molecule is Cc1ccccc1CN(C(=O)Cc1ccccc1F)[C@@H](C)C(=O)NCC(C)C. The third kappa shape index (κ3) is 5.91. The van der Waals surface area contributed by atoms with Crippen molar-refractivity contribution < 1.29 is 14.0 Å². The number of carbonyl (C=O) groups excluding carboxylic acids is 2. The summed E-state index contributed by atoms with van der Waals surface area (Å²) in [5, 5.41) is 2.89. The highest BCUT2D eigenvalue weighted by Crippen LogP contribution is 2.16. The van der Waals surface area contributed by atoms with Crippen LogP contribution in [0.3, 0.4) is 0 Å². The third-order valence-electron chi connectivity index (χ3n) is 4.75. The summed E-state index contributed by atoms with van der Waals surface area (Å²) >= 11 is 0. The highest BCUT2D eigenvalue weighted by atomic mass is 19.1. The van der Waals surface area contributed by atoms with Crippen molar-refractivity contribution in [1.29, 1.82) is 0 Å². The largest absolute Gasteiger partial charge is 0.354 e. The number of benzene rings is 2. The Morgan fingerprint density at radius 2 is 1.61 bits per heavy atom. The number of amides is 2. The Balaban J connectivity index is 2.24. The van der Waals surface area contributed by atoms with Gasteiger partial charge in [0.2, 0.25) is 11.8 Å². The van der Waals surface area contributed by atoms with Gasteiger partial charge in [-0.25, -0.2) is 4.39 Å². The average Bonchev–Trinajstić information content (AvgIpc) is 2.66. The van der Waals surface area contributed by atoms with Gasteiger partial charge in [-0.3, -0.25) is 9.59 Å². The first kappa shape index (κ1) is 21.6. The van der Waals surface area contributed by atoms with E-state index in [1.807, 2.05) is 45.0 Å². The number of aryl methyl sites for hydroxylation is 1. The van der Waals surface area contributed by atoms with Crippen molar-refractivity contribution >= 4 is 11.8 Å². The number of carbonyl (C=O) groups is 2. The van der Waals surface area contributed by atoms with E-state index in [0.29, 0.717) is 24.6 Å². The Morgan fingerprint density at radius 1 is 1.00 bits per heavy atom. The molecule has 0 aliphatic rings. The topological polar surface area (TPSA) is 49.4 Å². The van der Waals surface area contributed by atoms with Gasteiger partial charge >= 0.3 is 0 Å². The molecule has 2 rings (SSSR count). The fourth-order valence-electron chi connectivity index (χ4n) is 2.91. The predicted octanol–water partition coefficient (Wildman–Crippen LogP) is 3.87. The molecule has 0 aromatic heterocycles. The molecule has 0 saturated heterocycles. The minimum Gasteiger partial charge on any atom is -0.354 e. The van der Waals surface area contributed by atoms with Crippen molar-refractivity contribution in [3.8, 4) is 0 Å². The molecule has 0 fully saturated rings. The van der Waals surface area contributed by atoms with E-state index in [2.05, 4.69) is 5.32 Å². The lowest BCUT2D eigenvalue weighted by molar-refractivity contribution is -0.140. The Kier molecular flexibility index (Phi) is 7.73. The molecule has 0 heterocycles. The van der Waals surface area contributed by atoms with Gasteiger partial charge < -0.3 is 10.2 Å². The molecule has 0 aliphatic heterocycles. The molecule has 0 unspecified atom stereocenters. The summed E-state index contributed by atoms with van der Waals surface area (Å²) < 4.78 is 14.0. The van der Waals surface area contributed by atoms with Crippen LogP contribution in [0.15, 0.2) is 48.5 Å². The summed E-state index contributed by atoms with van der Waals surface area (Å²) in [6, 6.07) is 13.3. The van der Waals surface area contributed by atoms with Gasteiger partial charge in [0.05, 0.1) is 6.42 Å². The second-order valence-corrected chi connectivity index (χ2v) is 7.53. The molecule has 0 bridgehead atoms. The number of hydrogen-bond acceptors (Lipinski definition) is 2. The molecular weight excluding hydrogens is 355 g/mol. The Labute approximate surface area is 166 Å². The molecule has 150 valence electrons. The van der Waals surface area contributed by atoms with E-state index in [1.54, 1.807) is 25.1 Å². The van der Waals surface area contributed by atoms with Crippen LogP contribution >= 0.6 is 0 Å². The number of nitrogens with zero attached hydrogens (tertiary/aromatic N) is 1. The van der Waals surface area contributed by atoms with Crippen molar-refractivity contribution in [3.05, 3.63) is 71.0 Å². The summed E-state index contributed by atoms with van der Waals surface area (Å²) in [5.74, 6) is -0.580. The highest BCUT2D eigenvalue weighted by molar-refractivity contribution is 5.88. The maximum absolute atomic E-state index is 14.0. The van der Waals surface area contributed by atoms with Crippen LogP contribution in [-0.4, -0.2) is 29.3 Å². The maximum Gasteiger partial charge on any atom is 0.242 e. The molecule has 0 aliphatic carbocycles. The minimum atomic E-state index is -0.655. The molecule has 1 atom stereocenters. The summed E-state index contributed by atoms with van der Waals surface area (Å²) in [7, 11) is 0. The van der Waals surface area contributed by atoms with Gasteiger partial charge in [0.1, 0.15) is 11.9 Å². The quantitative estimate of drug-likeness (QED) is 0.751. The standard InChI is InChI=1S/C23H29FN2O2/c1-16(2)14-25-23(28)18(4)26(15-20-11-6-5-9-17(20)3)22(27)13-19-10-7-8-12-21(19)24/h5-12,16,18H,13-15H2,1-4H3,(H,25,28)/t18-/m0/s1. The number of nitrogens with one attached hydrogen (secondary N) is 1. The fourth-order valence-corrected chi connectivity index (χ4v) is 2.91. The number of rotatable bonds is 8. The molecule has 2 amide bonds. The van der Waals surface area contributed by atoms with Gasteiger partial charge in [-0.1, -0.05) is 56.3 Å². The zero-order valence-corrected chi connectivity index (χ0v) is 17.0. The van der Waals surface area contributed by atoms with Crippen molar-refractivity contribution in [2.75, 3.05) is 6.54 Å². The van der Waals surface area contributed by atoms with Crippen LogP contribution in [-0.2, 0) is 22.6 Å². The molecule has 1 N–H and O–H groups in total. The molecule has 2 aromatic carbocycles. The molecule has 28 heavy (non-hydrogen) atoms. The van der Waals surface area contributed by atoms with Gasteiger partial charge in [0, 0.05) is 13.1 Å². The van der Waals surface area contributed by atoms with E-state index in [1.165, 1.54) is 11.0 Å². The van der Waals surface area contributed by atoms with E-state index in [4.69, 9.17) is 0 Å². The molecule has 0 radical (unpaired) electrons. The summed E-state index contributed by atoms with van der Waals surface area (Å²) in [6.45, 7) is 8.56. The molecule has 2 aromatic rings. The van der Waals surface area contributed by atoms with Gasteiger partial charge in [-0.15, -0.1) is 0 Å². The molecule has 0 saturated carbocycles. The van der Waals surface area contributed by atoms with E-state index < -0.39 is 11.9 Å². The zero-order valence-electron chi connectivity index (χ0n) is 17.0. The van der Waals surface area contributed by atoms with Crippen LogP contribution in [0.2, 0.25) is 0 Å². The van der Waals surface area contributed by atoms with Crippen molar-refractivity contribution in [3.63, 3.8) is 0 Å². The Hall–Kier alpha value is -2.69. The Bertz CT molecular complexity index is 820. The Morgan fingerprint density at radius 3 is 2.21 bits per heavy atom. The van der Waals surface area contributed by atoms with Crippen LogP contribution in [0.4, 0.5) is 4.39 Å². The van der Waals surface area contributed by atoms with Crippen molar-refractivity contribution in [1.82, 2.24) is 10.2 Å². The van der Waals surface area contributed by atoms with Crippen LogP contribution in [0, 0.1) is 18.7 Å². The molecular formula is C23H29FN2O2. The zero-order chi connectivity index (χ0) is 20.7. The predicted molar refractivity (Wildman–Crippen MR) is 109 cm³/mol. The average molecular weight is 384 g/mol. The number of halogens is 1. The molecule has 4 nitrogen and oxygen atoms in total. The monoisotopic (exact) mass is 384 g/mol. The van der Waals surface area contributed by atoms with E-state index in [0.717, 1.165) is 11.1 Å². The molecule has 0 spiro atoms. The maximum atomic E-state index is 14.0. The lowest BCUT2D eigenvalue weighted by atomic mass is 10.1. The minimum absolute atomic E-state index is 0.0830. The van der Waals surface area contributed by atoms with Crippen LogP contribution in [0.1, 0.15) is 37.5 Å². The highest BCUT2D eigenvalue weighted by Gasteiger charge is 2.27. The molecule has 5 heteroatoms.